The van der Waals surface area contributed by atoms with Crippen LogP contribution in [0, 0.1) is 0 Å². The van der Waals surface area contributed by atoms with Crippen LogP contribution in [0.25, 0.3) is 22.8 Å². The Bertz CT molecular complexity index is 1090. The van der Waals surface area contributed by atoms with E-state index in [0.717, 1.165) is 0 Å². The lowest BCUT2D eigenvalue weighted by Crippen LogP contribution is -1.98. The molecule has 146 valence electrons. The molecule has 0 aliphatic heterocycles. The summed E-state index contributed by atoms with van der Waals surface area (Å²) in [6, 6.07) is 14.6. The van der Waals surface area contributed by atoms with Gasteiger partial charge < -0.3 is 9.26 Å². The zero-order valence-corrected chi connectivity index (χ0v) is 15.3. The van der Waals surface area contributed by atoms with Crippen LogP contribution in [0.3, 0.4) is 0 Å². The van der Waals surface area contributed by atoms with E-state index < -0.39 is 5.51 Å². The number of nitrogens with zero attached hydrogens (tertiary/aromatic N) is 4. The third kappa shape index (κ3) is 4.91. The topological polar surface area (TPSA) is 73.9 Å². The van der Waals surface area contributed by atoms with Crippen LogP contribution in [0.1, 0.15) is 0 Å². The van der Waals surface area contributed by atoms with Crippen LogP contribution in [0.4, 0.5) is 13.2 Å². The fraction of sp³-hybridized carbons (Fsp3) is 0.0526. The largest absolute Gasteiger partial charge is 0.446 e. The van der Waals surface area contributed by atoms with Crippen molar-refractivity contribution in [2.45, 2.75) is 10.4 Å². The quantitative estimate of drug-likeness (QED) is 0.392. The van der Waals surface area contributed by atoms with Gasteiger partial charge in [-0.15, -0.1) is 0 Å². The van der Waals surface area contributed by atoms with Crippen LogP contribution >= 0.6 is 11.8 Å². The average molecular weight is 416 g/mol. The van der Waals surface area contributed by atoms with E-state index in [1.807, 2.05) is 0 Å². The van der Waals surface area contributed by atoms with Crippen LogP contribution in [0.5, 0.6) is 11.8 Å². The predicted molar refractivity (Wildman–Crippen MR) is 99.2 cm³/mol. The zero-order chi connectivity index (χ0) is 20.3. The number of ether oxygens (including phenoxy) is 1. The van der Waals surface area contributed by atoms with Crippen LogP contribution < -0.4 is 4.74 Å². The second-order valence-corrected chi connectivity index (χ2v) is 6.79. The SMILES string of the molecule is FC(F)(F)Sc1ccc(-c2nc(-c3ccc(Oc4ncccn4)cc3)no2)cc1. The third-order valence-corrected chi connectivity index (χ3v) is 4.36. The molecule has 0 unspecified atom stereocenters. The molecular formula is C19H11F3N4O2S. The van der Waals surface area contributed by atoms with Crippen molar-refractivity contribution in [3.63, 3.8) is 0 Å². The van der Waals surface area contributed by atoms with Gasteiger partial charge in [-0.25, -0.2) is 9.97 Å². The van der Waals surface area contributed by atoms with Crippen molar-refractivity contribution in [1.29, 1.82) is 0 Å². The molecule has 0 bridgehead atoms. The highest BCUT2D eigenvalue weighted by Crippen LogP contribution is 2.37. The summed E-state index contributed by atoms with van der Waals surface area (Å²) in [6.07, 6.45) is 3.15. The third-order valence-electron chi connectivity index (χ3n) is 3.62. The van der Waals surface area contributed by atoms with E-state index in [1.54, 1.807) is 42.7 Å². The molecule has 10 heteroatoms. The first kappa shape index (κ1) is 18.9. The van der Waals surface area contributed by atoms with E-state index in [4.69, 9.17) is 9.26 Å². The Morgan fingerprint density at radius 2 is 1.52 bits per heavy atom. The first-order valence-electron chi connectivity index (χ1n) is 8.21. The molecule has 0 atom stereocenters. The number of alkyl halides is 3. The number of benzene rings is 2. The molecule has 0 spiro atoms. The summed E-state index contributed by atoms with van der Waals surface area (Å²) >= 11 is -0.179. The van der Waals surface area contributed by atoms with Gasteiger partial charge in [0.05, 0.1) is 0 Å². The van der Waals surface area contributed by atoms with Gasteiger partial charge in [0.1, 0.15) is 5.75 Å². The Kier molecular flexibility index (Phi) is 5.17. The summed E-state index contributed by atoms with van der Waals surface area (Å²) in [4.78, 5) is 12.3. The zero-order valence-electron chi connectivity index (χ0n) is 14.5. The van der Waals surface area contributed by atoms with E-state index >= 15 is 0 Å². The fourth-order valence-electron chi connectivity index (χ4n) is 2.37. The highest BCUT2D eigenvalue weighted by Gasteiger charge is 2.29. The standard InChI is InChI=1S/C19H11F3N4O2S/c20-19(21,22)29-15-8-4-13(5-9-15)17-25-16(26-28-17)12-2-6-14(7-3-12)27-18-23-10-1-11-24-18/h1-11H. The van der Waals surface area contributed by atoms with E-state index in [1.165, 1.54) is 24.3 Å². The second kappa shape index (κ2) is 7.92. The minimum Gasteiger partial charge on any atom is -0.424 e. The van der Waals surface area contributed by atoms with Gasteiger partial charge in [0, 0.05) is 28.4 Å². The lowest BCUT2D eigenvalue weighted by atomic mass is 10.2. The molecule has 4 aromatic rings. The van der Waals surface area contributed by atoms with Crippen LogP contribution in [0.2, 0.25) is 0 Å². The van der Waals surface area contributed by atoms with Gasteiger partial charge in [0.2, 0.25) is 5.82 Å². The van der Waals surface area contributed by atoms with Gasteiger partial charge in [0.25, 0.3) is 5.89 Å². The highest BCUT2D eigenvalue weighted by atomic mass is 32.2. The Morgan fingerprint density at radius 1 is 0.862 bits per heavy atom. The summed E-state index contributed by atoms with van der Waals surface area (Å²) in [5.41, 5.74) is -3.12. The second-order valence-electron chi connectivity index (χ2n) is 5.65. The average Bonchev–Trinajstić information content (AvgIpc) is 3.19. The lowest BCUT2D eigenvalue weighted by Gasteiger charge is -2.05. The van der Waals surface area contributed by atoms with Crippen molar-refractivity contribution in [2.75, 3.05) is 0 Å². The number of hydrogen-bond acceptors (Lipinski definition) is 7. The predicted octanol–water partition coefficient (Wildman–Crippen LogP) is 5.60. The maximum atomic E-state index is 12.4. The molecule has 0 aliphatic rings. The van der Waals surface area contributed by atoms with Gasteiger partial charge in [-0.1, -0.05) is 5.16 Å². The highest BCUT2D eigenvalue weighted by molar-refractivity contribution is 8.00. The summed E-state index contributed by atoms with van der Waals surface area (Å²) in [5, 5.41) is 3.92. The van der Waals surface area contributed by atoms with E-state index in [2.05, 4.69) is 20.1 Å². The van der Waals surface area contributed by atoms with E-state index in [0.29, 0.717) is 22.7 Å². The summed E-state index contributed by atoms with van der Waals surface area (Å²) in [6.45, 7) is 0. The Labute approximate surface area is 166 Å². The number of aromatic nitrogens is 4. The van der Waals surface area contributed by atoms with Crippen LogP contribution in [-0.2, 0) is 0 Å². The number of hydrogen-bond donors (Lipinski definition) is 0. The number of halogens is 3. The molecule has 0 radical (unpaired) electrons. The smallest absolute Gasteiger partial charge is 0.424 e. The molecule has 0 saturated carbocycles. The van der Waals surface area contributed by atoms with Gasteiger partial charge in [-0.2, -0.15) is 18.2 Å². The molecular weight excluding hydrogens is 405 g/mol. The van der Waals surface area contributed by atoms with Gasteiger partial charge >= 0.3 is 11.5 Å². The molecule has 2 heterocycles. The lowest BCUT2D eigenvalue weighted by molar-refractivity contribution is -0.0328. The van der Waals surface area contributed by atoms with Crippen molar-refractivity contribution in [3.8, 4) is 34.6 Å². The van der Waals surface area contributed by atoms with Gasteiger partial charge in [-0.3, -0.25) is 0 Å². The maximum absolute atomic E-state index is 12.4. The van der Waals surface area contributed by atoms with Gasteiger partial charge in [0.15, 0.2) is 0 Å². The van der Waals surface area contributed by atoms with E-state index in [9.17, 15) is 13.2 Å². The summed E-state index contributed by atoms with van der Waals surface area (Å²) < 4.78 is 48.0. The van der Waals surface area contributed by atoms with Crippen molar-refractivity contribution in [2.24, 2.45) is 0 Å². The van der Waals surface area contributed by atoms with Crippen LogP contribution in [0.15, 0.2) is 76.4 Å². The van der Waals surface area contributed by atoms with Crippen molar-refractivity contribution in [1.82, 2.24) is 20.1 Å². The molecule has 29 heavy (non-hydrogen) atoms. The molecule has 0 fully saturated rings. The Hall–Kier alpha value is -3.40. The summed E-state index contributed by atoms with van der Waals surface area (Å²) in [7, 11) is 0. The Morgan fingerprint density at radius 3 is 2.17 bits per heavy atom. The molecule has 0 aliphatic carbocycles. The first-order valence-corrected chi connectivity index (χ1v) is 9.03. The molecule has 0 N–H and O–H groups in total. The molecule has 2 aromatic carbocycles. The molecule has 4 rings (SSSR count). The van der Waals surface area contributed by atoms with E-state index in [-0.39, 0.29) is 28.6 Å². The fourth-order valence-corrected chi connectivity index (χ4v) is 2.91. The van der Waals surface area contributed by atoms with Crippen molar-refractivity contribution in [3.05, 3.63) is 67.0 Å². The normalized spacial score (nSPS) is 11.4. The molecule has 6 nitrogen and oxygen atoms in total. The monoisotopic (exact) mass is 416 g/mol. The number of rotatable bonds is 5. The number of thioether (sulfide) groups is 1. The maximum Gasteiger partial charge on any atom is 0.446 e. The Balaban J connectivity index is 1.47. The van der Waals surface area contributed by atoms with Gasteiger partial charge in [-0.05, 0) is 66.4 Å². The molecule has 0 amide bonds. The molecule has 0 saturated heterocycles. The first-order chi connectivity index (χ1) is 14.0. The van der Waals surface area contributed by atoms with Crippen LogP contribution in [-0.4, -0.2) is 25.6 Å². The minimum absolute atomic E-state index is 0.0824. The molecule has 2 aromatic heterocycles. The van der Waals surface area contributed by atoms with Crippen molar-refractivity contribution < 1.29 is 22.4 Å². The summed E-state index contributed by atoms with van der Waals surface area (Å²) in [5.74, 6) is 1.10. The van der Waals surface area contributed by atoms with Crippen molar-refractivity contribution >= 4 is 11.8 Å². The minimum atomic E-state index is -4.33.